The van der Waals surface area contributed by atoms with Crippen molar-refractivity contribution in [1.82, 2.24) is 14.9 Å². The molecule has 0 atom stereocenters. The zero-order chi connectivity index (χ0) is 9.68. The first-order chi connectivity index (χ1) is 6.20. The molecule has 0 aromatic carbocycles. The maximum absolute atomic E-state index is 10.6. The maximum Gasteiger partial charge on any atom is 0.316 e. The maximum atomic E-state index is 10.6. The Morgan fingerprint density at radius 3 is 2.92 bits per heavy atom. The molecule has 1 heterocycles. The first kappa shape index (κ1) is 9.92. The molecule has 0 bridgehead atoms. The van der Waals surface area contributed by atoms with Crippen molar-refractivity contribution in [2.24, 2.45) is 0 Å². The van der Waals surface area contributed by atoms with Gasteiger partial charge >= 0.3 is 5.37 Å². The van der Waals surface area contributed by atoms with Crippen LogP contribution in [0.4, 0.5) is 4.79 Å². The van der Waals surface area contributed by atoms with E-state index in [1.807, 2.05) is 0 Å². The third-order valence-electron chi connectivity index (χ3n) is 1.62. The number of hydrogen-bond acceptors (Lipinski definition) is 3. The van der Waals surface area contributed by atoms with Gasteiger partial charge in [0.05, 0.1) is 5.69 Å². The van der Waals surface area contributed by atoms with Gasteiger partial charge in [-0.15, -0.1) is 0 Å². The monoisotopic (exact) mass is 199 g/mol. The average Bonchev–Trinajstić information content (AvgIpc) is 2.15. The Bertz CT molecular complexity index is 278. The number of nitrogens with zero attached hydrogens (tertiary/aromatic N) is 3. The van der Waals surface area contributed by atoms with Gasteiger partial charge < -0.3 is 4.90 Å². The van der Waals surface area contributed by atoms with Crippen LogP contribution in [0.1, 0.15) is 5.69 Å². The van der Waals surface area contributed by atoms with Crippen molar-refractivity contribution in [3.05, 3.63) is 24.3 Å². The van der Waals surface area contributed by atoms with Crippen LogP contribution in [0.3, 0.4) is 0 Å². The lowest BCUT2D eigenvalue weighted by Crippen LogP contribution is -2.23. The van der Waals surface area contributed by atoms with Gasteiger partial charge in [-0.05, 0) is 11.6 Å². The van der Waals surface area contributed by atoms with Gasteiger partial charge in [-0.1, -0.05) is 0 Å². The molecular formula is C8H10ClN3O. The molecule has 0 spiro atoms. The molecule has 0 radical (unpaired) electrons. The van der Waals surface area contributed by atoms with Gasteiger partial charge in [-0.25, -0.2) is 0 Å². The quantitative estimate of drug-likeness (QED) is 0.545. The molecule has 0 aliphatic carbocycles. The second kappa shape index (κ2) is 4.77. The largest absolute Gasteiger partial charge is 0.332 e. The fourth-order valence-electron chi connectivity index (χ4n) is 0.829. The third-order valence-corrected chi connectivity index (χ3v) is 1.91. The predicted molar refractivity (Wildman–Crippen MR) is 49.6 cm³/mol. The first-order valence-electron chi connectivity index (χ1n) is 3.85. The Balaban J connectivity index is 2.39. The fourth-order valence-corrected chi connectivity index (χ4v) is 0.914. The van der Waals surface area contributed by atoms with Gasteiger partial charge in [0, 0.05) is 38.6 Å². The van der Waals surface area contributed by atoms with Crippen LogP contribution in [0, 0.1) is 0 Å². The van der Waals surface area contributed by atoms with Gasteiger partial charge in [0.2, 0.25) is 0 Å². The van der Waals surface area contributed by atoms with E-state index in [0.29, 0.717) is 13.0 Å². The molecule has 0 aliphatic heterocycles. The van der Waals surface area contributed by atoms with Crippen LogP contribution < -0.4 is 0 Å². The van der Waals surface area contributed by atoms with Crippen molar-refractivity contribution in [3.63, 3.8) is 0 Å². The molecule has 1 rings (SSSR count). The van der Waals surface area contributed by atoms with Crippen LogP contribution in [0.5, 0.6) is 0 Å². The van der Waals surface area contributed by atoms with E-state index in [9.17, 15) is 4.79 Å². The first-order valence-corrected chi connectivity index (χ1v) is 4.23. The Labute approximate surface area is 81.6 Å². The number of carbonyl (C=O) groups is 1. The number of amides is 1. The number of halogens is 1. The summed E-state index contributed by atoms with van der Waals surface area (Å²) in [4.78, 5) is 20.0. The lowest BCUT2D eigenvalue weighted by molar-refractivity contribution is 0.232. The van der Waals surface area contributed by atoms with E-state index in [0.717, 1.165) is 5.69 Å². The summed E-state index contributed by atoms with van der Waals surface area (Å²) in [5.74, 6) is 0. The summed E-state index contributed by atoms with van der Waals surface area (Å²) >= 11 is 5.25. The summed E-state index contributed by atoms with van der Waals surface area (Å²) in [5, 5.41) is -0.455. The van der Waals surface area contributed by atoms with Gasteiger partial charge in [0.25, 0.3) is 0 Å². The molecule has 1 aromatic heterocycles. The van der Waals surface area contributed by atoms with Crippen LogP contribution >= 0.6 is 11.6 Å². The van der Waals surface area contributed by atoms with Crippen molar-refractivity contribution in [2.45, 2.75) is 6.42 Å². The number of rotatable bonds is 3. The van der Waals surface area contributed by atoms with Crippen molar-refractivity contribution in [1.29, 1.82) is 0 Å². The highest BCUT2D eigenvalue weighted by Crippen LogP contribution is 1.97. The highest BCUT2D eigenvalue weighted by atomic mass is 35.5. The molecular weight excluding hydrogens is 190 g/mol. The van der Waals surface area contributed by atoms with Crippen LogP contribution in [0.25, 0.3) is 0 Å². The Kier molecular flexibility index (Phi) is 3.64. The average molecular weight is 200 g/mol. The van der Waals surface area contributed by atoms with E-state index in [1.165, 1.54) is 4.90 Å². The Morgan fingerprint density at radius 2 is 2.38 bits per heavy atom. The number of hydrogen-bond donors (Lipinski definition) is 0. The van der Waals surface area contributed by atoms with E-state index in [1.54, 1.807) is 25.6 Å². The van der Waals surface area contributed by atoms with Crippen LogP contribution in [-0.4, -0.2) is 33.8 Å². The van der Waals surface area contributed by atoms with Crippen molar-refractivity contribution in [3.8, 4) is 0 Å². The molecule has 70 valence electrons. The molecule has 5 heteroatoms. The summed E-state index contributed by atoms with van der Waals surface area (Å²) < 4.78 is 0. The molecule has 0 N–H and O–H groups in total. The van der Waals surface area contributed by atoms with Crippen LogP contribution in [-0.2, 0) is 6.42 Å². The second-order valence-electron chi connectivity index (χ2n) is 2.62. The fraction of sp³-hybridized carbons (Fsp3) is 0.375. The molecule has 13 heavy (non-hydrogen) atoms. The summed E-state index contributed by atoms with van der Waals surface area (Å²) in [6, 6.07) is 0. The van der Waals surface area contributed by atoms with Gasteiger partial charge in [0.1, 0.15) is 0 Å². The SMILES string of the molecule is CN(CCc1cnccn1)C(=O)Cl. The van der Waals surface area contributed by atoms with E-state index in [-0.39, 0.29) is 0 Å². The molecule has 0 fully saturated rings. The molecule has 1 amide bonds. The van der Waals surface area contributed by atoms with Crippen LogP contribution in [0.15, 0.2) is 18.6 Å². The number of likely N-dealkylation sites (N-methyl/N-ethyl adjacent to an activating group) is 1. The minimum atomic E-state index is -0.455. The van der Waals surface area contributed by atoms with E-state index in [2.05, 4.69) is 9.97 Å². The van der Waals surface area contributed by atoms with Crippen molar-refractivity contribution < 1.29 is 4.79 Å². The number of carbonyl (C=O) groups excluding carboxylic acids is 1. The normalized spacial score (nSPS) is 9.69. The molecule has 0 saturated carbocycles. The zero-order valence-corrected chi connectivity index (χ0v) is 8.03. The van der Waals surface area contributed by atoms with Gasteiger partial charge in [0.15, 0.2) is 0 Å². The summed E-state index contributed by atoms with van der Waals surface area (Å²) in [6.07, 6.45) is 5.58. The standard InChI is InChI=1S/C8H10ClN3O/c1-12(8(9)13)5-2-7-6-10-3-4-11-7/h3-4,6H,2,5H2,1H3. The van der Waals surface area contributed by atoms with Crippen molar-refractivity contribution >= 4 is 17.0 Å². The summed E-state index contributed by atoms with van der Waals surface area (Å²) in [5.41, 5.74) is 0.854. The lowest BCUT2D eigenvalue weighted by Gasteiger charge is -2.11. The summed E-state index contributed by atoms with van der Waals surface area (Å²) in [6.45, 7) is 0.557. The van der Waals surface area contributed by atoms with E-state index in [4.69, 9.17) is 11.6 Å². The molecule has 4 nitrogen and oxygen atoms in total. The van der Waals surface area contributed by atoms with Gasteiger partial charge in [-0.3, -0.25) is 14.8 Å². The second-order valence-corrected chi connectivity index (χ2v) is 2.94. The Hall–Kier alpha value is -1.16. The highest BCUT2D eigenvalue weighted by molar-refractivity contribution is 6.62. The van der Waals surface area contributed by atoms with Crippen molar-refractivity contribution in [2.75, 3.05) is 13.6 Å². The molecule has 0 unspecified atom stereocenters. The molecule has 0 saturated heterocycles. The van der Waals surface area contributed by atoms with E-state index < -0.39 is 5.37 Å². The number of aromatic nitrogens is 2. The highest BCUT2D eigenvalue weighted by Gasteiger charge is 2.04. The predicted octanol–water partition coefficient (Wildman–Crippen LogP) is 1.31. The lowest BCUT2D eigenvalue weighted by atomic mass is 10.3. The smallest absolute Gasteiger partial charge is 0.316 e. The van der Waals surface area contributed by atoms with Gasteiger partial charge in [-0.2, -0.15) is 0 Å². The Morgan fingerprint density at radius 1 is 1.62 bits per heavy atom. The zero-order valence-electron chi connectivity index (χ0n) is 7.27. The minimum absolute atomic E-state index is 0.455. The summed E-state index contributed by atoms with van der Waals surface area (Å²) in [7, 11) is 1.64. The molecule has 0 aliphatic rings. The third kappa shape index (κ3) is 3.38. The van der Waals surface area contributed by atoms with Crippen LogP contribution in [0.2, 0.25) is 0 Å². The minimum Gasteiger partial charge on any atom is -0.332 e. The molecule has 1 aromatic rings. The topological polar surface area (TPSA) is 46.1 Å². The van der Waals surface area contributed by atoms with E-state index >= 15 is 0 Å².